The maximum atomic E-state index is 5.83. The molecule has 0 heterocycles. The highest BCUT2D eigenvalue weighted by atomic mass is 16.5. The second-order valence-corrected chi connectivity index (χ2v) is 5.70. The number of rotatable bonds is 13. The van der Waals surface area contributed by atoms with Gasteiger partial charge in [-0.25, -0.2) is 0 Å². The van der Waals surface area contributed by atoms with Gasteiger partial charge in [-0.15, -0.1) is 0 Å². The molecule has 0 amide bonds. The molecule has 0 rings (SSSR count). The van der Waals surface area contributed by atoms with Crippen LogP contribution in [0.4, 0.5) is 0 Å². The summed E-state index contributed by atoms with van der Waals surface area (Å²) in [6.07, 6.45) is 10.8. The molecular weight excluding hydrogens is 222 g/mol. The summed E-state index contributed by atoms with van der Waals surface area (Å²) >= 11 is 0. The van der Waals surface area contributed by atoms with Crippen molar-refractivity contribution in [2.75, 3.05) is 13.2 Å². The number of nitrogens with one attached hydrogen (secondary N) is 1. The third-order valence-corrected chi connectivity index (χ3v) is 3.24. The largest absolute Gasteiger partial charge is 0.379 e. The van der Waals surface area contributed by atoms with Gasteiger partial charge in [-0.1, -0.05) is 46.5 Å². The van der Waals surface area contributed by atoms with E-state index < -0.39 is 0 Å². The SMILES string of the molecule is CCCCCCC(C)OCCCCCNC(C)C. The Labute approximate surface area is 115 Å². The maximum Gasteiger partial charge on any atom is 0.0547 e. The third kappa shape index (κ3) is 14.0. The van der Waals surface area contributed by atoms with Gasteiger partial charge in [0.1, 0.15) is 0 Å². The minimum atomic E-state index is 0.454. The van der Waals surface area contributed by atoms with Crippen LogP contribution in [-0.2, 0) is 4.74 Å². The fraction of sp³-hybridized carbons (Fsp3) is 1.00. The molecule has 0 aromatic rings. The minimum Gasteiger partial charge on any atom is -0.379 e. The van der Waals surface area contributed by atoms with Crippen LogP contribution in [0.2, 0.25) is 0 Å². The highest BCUT2D eigenvalue weighted by Crippen LogP contribution is 2.08. The van der Waals surface area contributed by atoms with E-state index in [1.165, 1.54) is 51.4 Å². The first kappa shape index (κ1) is 17.9. The molecule has 0 saturated heterocycles. The van der Waals surface area contributed by atoms with Gasteiger partial charge >= 0.3 is 0 Å². The molecule has 0 radical (unpaired) electrons. The van der Waals surface area contributed by atoms with Gasteiger partial charge in [0, 0.05) is 12.6 Å². The number of hydrogen-bond acceptors (Lipinski definition) is 2. The molecule has 0 saturated carbocycles. The molecular formula is C16H35NO. The Bertz CT molecular complexity index is 159. The van der Waals surface area contributed by atoms with Crippen LogP contribution in [0.1, 0.15) is 79.1 Å². The van der Waals surface area contributed by atoms with Crippen molar-refractivity contribution >= 4 is 0 Å². The van der Waals surface area contributed by atoms with Crippen LogP contribution < -0.4 is 5.32 Å². The maximum absolute atomic E-state index is 5.83. The van der Waals surface area contributed by atoms with Crippen LogP contribution in [0.5, 0.6) is 0 Å². The summed E-state index contributed by atoms with van der Waals surface area (Å²) in [6.45, 7) is 11.0. The quantitative estimate of drug-likeness (QED) is 0.489. The van der Waals surface area contributed by atoms with Crippen molar-refractivity contribution < 1.29 is 4.74 Å². The summed E-state index contributed by atoms with van der Waals surface area (Å²) in [4.78, 5) is 0. The lowest BCUT2D eigenvalue weighted by atomic mass is 10.1. The Kier molecular flexibility index (Phi) is 13.3. The standard InChI is InChI=1S/C16H35NO/c1-5-6-7-9-12-16(4)18-14-11-8-10-13-17-15(2)3/h15-17H,5-14H2,1-4H3. The highest BCUT2D eigenvalue weighted by molar-refractivity contribution is 4.54. The average molecular weight is 257 g/mol. The summed E-state index contributed by atoms with van der Waals surface area (Å²) in [6, 6.07) is 0.615. The fourth-order valence-corrected chi connectivity index (χ4v) is 2.02. The Balaban J connectivity index is 3.12. The Morgan fingerprint density at radius 2 is 1.61 bits per heavy atom. The smallest absolute Gasteiger partial charge is 0.0547 e. The van der Waals surface area contributed by atoms with Crippen molar-refractivity contribution in [3.63, 3.8) is 0 Å². The molecule has 0 aromatic heterocycles. The summed E-state index contributed by atoms with van der Waals surface area (Å²) in [7, 11) is 0. The Hall–Kier alpha value is -0.0800. The molecule has 0 aliphatic heterocycles. The van der Waals surface area contributed by atoms with Crippen molar-refractivity contribution in [2.24, 2.45) is 0 Å². The van der Waals surface area contributed by atoms with E-state index in [2.05, 4.69) is 33.0 Å². The first-order chi connectivity index (χ1) is 8.66. The van der Waals surface area contributed by atoms with Gasteiger partial charge in [0.15, 0.2) is 0 Å². The second kappa shape index (κ2) is 13.4. The average Bonchev–Trinajstić information content (AvgIpc) is 2.33. The molecule has 1 atom stereocenters. The van der Waals surface area contributed by atoms with E-state index in [4.69, 9.17) is 4.74 Å². The lowest BCUT2D eigenvalue weighted by Crippen LogP contribution is -2.23. The number of ether oxygens (including phenoxy) is 1. The van der Waals surface area contributed by atoms with Gasteiger partial charge in [-0.05, 0) is 39.2 Å². The van der Waals surface area contributed by atoms with Gasteiger partial charge in [0.05, 0.1) is 6.10 Å². The van der Waals surface area contributed by atoms with Crippen LogP contribution in [0.3, 0.4) is 0 Å². The molecule has 0 aromatic carbocycles. The number of hydrogen-bond donors (Lipinski definition) is 1. The Morgan fingerprint density at radius 3 is 2.28 bits per heavy atom. The predicted molar refractivity (Wildman–Crippen MR) is 81.2 cm³/mol. The molecule has 18 heavy (non-hydrogen) atoms. The summed E-state index contributed by atoms with van der Waals surface area (Å²) in [5.74, 6) is 0. The zero-order chi connectivity index (χ0) is 13.6. The molecule has 2 nitrogen and oxygen atoms in total. The van der Waals surface area contributed by atoms with E-state index in [0.29, 0.717) is 12.1 Å². The van der Waals surface area contributed by atoms with Crippen molar-refractivity contribution in [1.29, 1.82) is 0 Å². The molecule has 1 N–H and O–H groups in total. The molecule has 0 aliphatic carbocycles. The van der Waals surface area contributed by atoms with E-state index in [-0.39, 0.29) is 0 Å². The van der Waals surface area contributed by atoms with Crippen LogP contribution >= 0.6 is 0 Å². The van der Waals surface area contributed by atoms with E-state index in [9.17, 15) is 0 Å². The van der Waals surface area contributed by atoms with Gasteiger partial charge in [0.25, 0.3) is 0 Å². The molecule has 110 valence electrons. The zero-order valence-electron chi connectivity index (χ0n) is 13.1. The zero-order valence-corrected chi connectivity index (χ0v) is 13.1. The number of unbranched alkanes of at least 4 members (excludes halogenated alkanes) is 5. The van der Waals surface area contributed by atoms with Crippen molar-refractivity contribution in [3.05, 3.63) is 0 Å². The summed E-state index contributed by atoms with van der Waals surface area (Å²) in [5.41, 5.74) is 0. The lowest BCUT2D eigenvalue weighted by Gasteiger charge is -2.13. The lowest BCUT2D eigenvalue weighted by molar-refractivity contribution is 0.0558. The van der Waals surface area contributed by atoms with Crippen LogP contribution in [0.15, 0.2) is 0 Å². The van der Waals surface area contributed by atoms with Gasteiger partial charge < -0.3 is 10.1 Å². The first-order valence-electron chi connectivity index (χ1n) is 8.01. The predicted octanol–water partition coefficient (Wildman–Crippen LogP) is 4.53. The first-order valence-corrected chi connectivity index (χ1v) is 8.01. The van der Waals surface area contributed by atoms with Gasteiger partial charge in [0.2, 0.25) is 0 Å². The fourth-order valence-electron chi connectivity index (χ4n) is 2.02. The molecule has 0 fully saturated rings. The summed E-state index contributed by atoms with van der Waals surface area (Å²) < 4.78 is 5.83. The van der Waals surface area contributed by atoms with Crippen LogP contribution in [0.25, 0.3) is 0 Å². The normalized spacial score (nSPS) is 13.2. The second-order valence-electron chi connectivity index (χ2n) is 5.70. The topological polar surface area (TPSA) is 21.3 Å². The van der Waals surface area contributed by atoms with E-state index in [1.807, 2.05) is 0 Å². The third-order valence-electron chi connectivity index (χ3n) is 3.24. The van der Waals surface area contributed by atoms with Crippen molar-refractivity contribution in [1.82, 2.24) is 5.32 Å². The Morgan fingerprint density at radius 1 is 0.889 bits per heavy atom. The molecule has 1 unspecified atom stereocenters. The molecule has 2 heteroatoms. The monoisotopic (exact) mass is 257 g/mol. The van der Waals surface area contributed by atoms with Crippen molar-refractivity contribution in [2.45, 2.75) is 91.2 Å². The van der Waals surface area contributed by atoms with E-state index in [0.717, 1.165) is 13.2 Å². The molecule has 0 spiro atoms. The van der Waals surface area contributed by atoms with E-state index >= 15 is 0 Å². The van der Waals surface area contributed by atoms with E-state index in [1.54, 1.807) is 0 Å². The summed E-state index contributed by atoms with van der Waals surface area (Å²) in [5, 5.41) is 3.44. The van der Waals surface area contributed by atoms with Crippen LogP contribution in [0, 0.1) is 0 Å². The van der Waals surface area contributed by atoms with Gasteiger partial charge in [-0.2, -0.15) is 0 Å². The highest BCUT2D eigenvalue weighted by Gasteiger charge is 2.01. The van der Waals surface area contributed by atoms with Crippen LogP contribution in [-0.4, -0.2) is 25.3 Å². The minimum absolute atomic E-state index is 0.454. The van der Waals surface area contributed by atoms with Crippen molar-refractivity contribution in [3.8, 4) is 0 Å². The molecule has 0 aliphatic rings. The van der Waals surface area contributed by atoms with Gasteiger partial charge in [-0.3, -0.25) is 0 Å². The molecule has 0 bridgehead atoms.